The van der Waals surface area contributed by atoms with Gasteiger partial charge < -0.3 is 15.2 Å². The lowest BCUT2D eigenvalue weighted by atomic mass is 10.1. The second-order valence-corrected chi connectivity index (χ2v) is 8.79. The monoisotopic (exact) mass is 430 g/mol. The van der Waals surface area contributed by atoms with Gasteiger partial charge in [-0.3, -0.25) is 9.59 Å². The van der Waals surface area contributed by atoms with Gasteiger partial charge in [0.05, 0.1) is 11.7 Å². The molecule has 29 heavy (non-hydrogen) atoms. The fourth-order valence-corrected chi connectivity index (χ4v) is 3.96. The SMILES string of the molecule is Cc1ccc(NC(=O)Cc2nnc(S[C@@H](C)C(=O)Nc3nccs3)n2C)c(C)c1. The molecule has 0 unspecified atom stereocenters. The van der Waals surface area contributed by atoms with Gasteiger partial charge in [0.15, 0.2) is 10.3 Å². The summed E-state index contributed by atoms with van der Waals surface area (Å²) in [5, 5.41) is 16.4. The molecule has 1 atom stereocenters. The smallest absolute Gasteiger partial charge is 0.239 e. The predicted octanol–water partition coefficient (Wildman–Crippen LogP) is 3.19. The summed E-state index contributed by atoms with van der Waals surface area (Å²) >= 11 is 2.64. The number of nitrogens with zero attached hydrogens (tertiary/aromatic N) is 4. The number of thioether (sulfide) groups is 1. The van der Waals surface area contributed by atoms with Gasteiger partial charge in [-0.15, -0.1) is 21.5 Å². The van der Waals surface area contributed by atoms with Gasteiger partial charge in [-0.2, -0.15) is 0 Å². The van der Waals surface area contributed by atoms with Crippen molar-refractivity contribution in [3.8, 4) is 0 Å². The first-order valence-electron chi connectivity index (χ1n) is 8.96. The topological polar surface area (TPSA) is 102 Å². The van der Waals surface area contributed by atoms with Crippen LogP contribution in [0.3, 0.4) is 0 Å². The summed E-state index contributed by atoms with van der Waals surface area (Å²) in [6.07, 6.45) is 1.73. The fraction of sp³-hybridized carbons (Fsp3) is 0.316. The van der Waals surface area contributed by atoms with Crippen molar-refractivity contribution in [2.24, 2.45) is 7.05 Å². The Labute approximate surface area is 177 Å². The van der Waals surface area contributed by atoms with Gasteiger partial charge in [-0.25, -0.2) is 4.98 Å². The Balaban J connectivity index is 1.59. The summed E-state index contributed by atoms with van der Waals surface area (Å²) < 4.78 is 1.74. The van der Waals surface area contributed by atoms with Crippen LogP contribution in [0.1, 0.15) is 23.9 Å². The van der Waals surface area contributed by atoms with Crippen LogP contribution in [-0.2, 0) is 23.1 Å². The molecule has 152 valence electrons. The number of hydrogen-bond donors (Lipinski definition) is 2. The van der Waals surface area contributed by atoms with Crippen LogP contribution < -0.4 is 10.6 Å². The van der Waals surface area contributed by atoms with E-state index in [0.29, 0.717) is 16.1 Å². The molecule has 0 saturated heterocycles. The van der Waals surface area contributed by atoms with Crippen LogP contribution in [0.15, 0.2) is 34.9 Å². The van der Waals surface area contributed by atoms with E-state index in [2.05, 4.69) is 25.8 Å². The van der Waals surface area contributed by atoms with Crippen molar-refractivity contribution in [2.45, 2.75) is 37.6 Å². The summed E-state index contributed by atoms with van der Waals surface area (Å²) in [5.74, 6) is 0.197. The number of hydrogen-bond acceptors (Lipinski definition) is 7. The maximum absolute atomic E-state index is 12.4. The number of aromatic nitrogens is 4. The maximum Gasteiger partial charge on any atom is 0.239 e. The van der Waals surface area contributed by atoms with Gasteiger partial charge in [-0.05, 0) is 32.4 Å². The van der Waals surface area contributed by atoms with Crippen molar-refractivity contribution in [3.63, 3.8) is 0 Å². The molecule has 2 aromatic heterocycles. The second kappa shape index (κ2) is 9.19. The lowest BCUT2D eigenvalue weighted by molar-refractivity contribution is -0.116. The highest BCUT2D eigenvalue weighted by Crippen LogP contribution is 2.23. The lowest BCUT2D eigenvalue weighted by Gasteiger charge is -2.11. The largest absolute Gasteiger partial charge is 0.325 e. The maximum atomic E-state index is 12.4. The molecule has 0 fully saturated rings. The summed E-state index contributed by atoms with van der Waals surface area (Å²) in [5.41, 5.74) is 2.93. The second-order valence-electron chi connectivity index (χ2n) is 6.59. The van der Waals surface area contributed by atoms with E-state index >= 15 is 0 Å². The van der Waals surface area contributed by atoms with Gasteiger partial charge >= 0.3 is 0 Å². The van der Waals surface area contributed by atoms with Crippen LogP contribution in [0.5, 0.6) is 0 Å². The minimum atomic E-state index is -0.390. The van der Waals surface area contributed by atoms with Crippen LogP contribution >= 0.6 is 23.1 Å². The number of amides is 2. The minimum Gasteiger partial charge on any atom is -0.325 e. The van der Waals surface area contributed by atoms with Crippen LogP contribution in [-0.4, -0.2) is 36.8 Å². The number of carbonyl (C=O) groups excluding carboxylic acids is 2. The van der Waals surface area contributed by atoms with Crippen molar-refractivity contribution in [3.05, 3.63) is 46.7 Å². The van der Waals surface area contributed by atoms with E-state index in [1.807, 2.05) is 32.0 Å². The van der Waals surface area contributed by atoms with E-state index in [0.717, 1.165) is 16.8 Å². The summed E-state index contributed by atoms with van der Waals surface area (Å²) in [6.45, 7) is 5.75. The molecular weight excluding hydrogens is 408 g/mol. The number of rotatable bonds is 7. The molecular formula is C19H22N6O2S2. The van der Waals surface area contributed by atoms with Crippen LogP contribution in [0, 0.1) is 13.8 Å². The van der Waals surface area contributed by atoms with Crippen molar-refractivity contribution >= 4 is 45.7 Å². The average molecular weight is 431 g/mol. The Bertz CT molecular complexity index is 1020. The molecule has 2 N–H and O–H groups in total. The van der Waals surface area contributed by atoms with Gasteiger partial charge in [0, 0.05) is 24.3 Å². The lowest BCUT2D eigenvalue weighted by Crippen LogP contribution is -2.22. The van der Waals surface area contributed by atoms with E-state index in [-0.39, 0.29) is 18.2 Å². The number of aryl methyl sites for hydroxylation is 2. The number of thiazole rings is 1. The summed E-state index contributed by atoms with van der Waals surface area (Å²) in [6, 6.07) is 5.87. The molecule has 0 aliphatic heterocycles. The van der Waals surface area contributed by atoms with E-state index in [1.165, 1.54) is 23.1 Å². The predicted molar refractivity (Wildman–Crippen MR) is 115 cm³/mol. The first-order valence-corrected chi connectivity index (χ1v) is 10.7. The zero-order chi connectivity index (χ0) is 21.0. The first kappa shape index (κ1) is 21.0. The van der Waals surface area contributed by atoms with Crippen LogP contribution in [0.25, 0.3) is 0 Å². The van der Waals surface area contributed by atoms with E-state index in [9.17, 15) is 9.59 Å². The normalized spacial score (nSPS) is 11.9. The van der Waals surface area contributed by atoms with Gasteiger partial charge in [-0.1, -0.05) is 29.5 Å². The van der Waals surface area contributed by atoms with E-state index < -0.39 is 5.25 Å². The quantitative estimate of drug-likeness (QED) is 0.558. The van der Waals surface area contributed by atoms with E-state index in [4.69, 9.17) is 0 Å². The van der Waals surface area contributed by atoms with Crippen molar-refractivity contribution < 1.29 is 9.59 Å². The number of nitrogens with one attached hydrogen (secondary N) is 2. The van der Waals surface area contributed by atoms with Crippen molar-refractivity contribution in [1.82, 2.24) is 19.7 Å². The zero-order valence-electron chi connectivity index (χ0n) is 16.6. The molecule has 3 rings (SSSR count). The highest BCUT2D eigenvalue weighted by atomic mass is 32.2. The number of benzene rings is 1. The Morgan fingerprint density at radius 1 is 1.24 bits per heavy atom. The highest BCUT2D eigenvalue weighted by molar-refractivity contribution is 8.00. The average Bonchev–Trinajstić information content (AvgIpc) is 3.29. The standard InChI is InChI=1S/C19H22N6O2S2/c1-11-5-6-14(12(2)9-11)21-16(26)10-15-23-24-19(25(15)4)29-13(3)17(27)22-18-20-7-8-28-18/h5-9,13H,10H2,1-4H3,(H,21,26)(H,20,22,27)/t13-/m0/s1. The molecule has 0 aliphatic carbocycles. The van der Waals surface area contributed by atoms with Gasteiger partial charge in [0.1, 0.15) is 5.82 Å². The minimum absolute atomic E-state index is 0.0943. The van der Waals surface area contributed by atoms with E-state index in [1.54, 1.807) is 30.1 Å². The fourth-order valence-electron chi connectivity index (χ4n) is 2.60. The van der Waals surface area contributed by atoms with Crippen LogP contribution in [0.2, 0.25) is 0 Å². The molecule has 2 amide bonds. The third-order valence-electron chi connectivity index (χ3n) is 4.21. The number of anilines is 2. The number of carbonyl (C=O) groups is 2. The third-order valence-corrected chi connectivity index (χ3v) is 6.04. The molecule has 0 saturated carbocycles. The molecule has 0 bridgehead atoms. The molecule has 1 aromatic carbocycles. The molecule has 0 spiro atoms. The Morgan fingerprint density at radius 2 is 2.03 bits per heavy atom. The molecule has 10 heteroatoms. The Morgan fingerprint density at radius 3 is 2.72 bits per heavy atom. The third kappa shape index (κ3) is 5.42. The highest BCUT2D eigenvalue weighted by Gasteiger charge is 2.20. The molecule has 8 nitrogen and oxygen atoms in total. The summed E-state index contributed by atoms with van der Waals surface area (Å²) in [7, 11) is 1.79. The molecule has 0 radical (unpaired) electrons. The molecule has 3 aromatic rings. The van der Waals surface area contributed by atoms with Gasteiger partial charge in [0.25, 0.3) is 0 Å². The van der Waals surface area contributed by atoms with Crippen LogP contribution in [0.4, 0.5) is 10.8 Å². The molecule has 0 aliphatic rings. The zero-order valence-corrected chi connectivity index (χ0v) is 18.2. The van der Waals surface area contributed by atoms with Crippen molar-refractivity contribution in [2.75, 3.05) is 10.6 Å². The first-order chi connectivity index (χ1) is 13.8. The summed E-state index contributed by atoms with van der Waals surface area (Å²) in [4.78, 5) is 28.7. The Kier molecular flexibility index (Phi) is 6.65. The Hall–Kier alpha value is -2.72. The van der Waals surface area contributed by atoms with Crippen molar-refractivity contribution in [1.29, 1.82) is 0 Å². The van der Waals surface area contributed by atoms with Gasteiger partial charge in [0.2, 0.25) is 11.8 Å². The molecule has 2 heterocycles.